The van der Waals surface area contributed by atoms with Gasteiger partial charge in [0.25, 0.3) is 5.91 Å². The van der Waals surface area contributed by atoms with E-state index in [9.17, 15) is 9.59 Å². The Morgan fingerprint density at radius 3 is 2.36 bits per heavy atom. The Labute approximate surface area is 237 Å². The number of benzene rings is 3. The maximum Gasteiger partial charge on any atom is 0.254 e. The molecule has 1 aliphatic carbocycles. The summed E-state index contributed by atoms with van der Waals surface area (Å²) in [5.74, 6) is 0.580. The number of ether oxygens (including phenoxy) is 2. The molecule has 0 unspecified atom stereocenters. The second kappa shape index (κ2) is 11.1. The Bertz CT molecular complexity index is 1510. The van der Waals surface area contributed by atoms with E-state index in [1.165, 1.54) is 0 Å². The van der Waals surface area contributed by atoms with Crippen molar-refractivity contribution in [1.82, 2.24) is 5.32 Å². The SMILES string of the molecule is COc1ccc([C@@H]2CC(=O)C3=C(C2)NC(C)=C(C(=O)Nc2ccc(C)cc2)[C@H]3c2cccc(Br)c2)cc1OC. The van der Waals surface area contributed by atoms with Crippen LogP contribution in [0.25, 0.3) is 0 Å². The first-order valence-electron chi connectivity index (χ1n) is 12.9. The largest absolute Gasteiger partial charge is 0.493 e. The smallest absolute Gasteiger partial charge is 0.254 e. The Morgan fingerprint density at radius 1 is 0.923 bits per heavy atom. The van der Waals surface area contributed by atoms with E-state index in [0.717, 1.165) is 32.6 Å². The summed E-state index contributed by atoms with van der Waals surface area (Å²) >= 11 is 3.57. The molecule has 1 aliphatic heterocycles. The molecule has 0 radical (unpaired) electrons. The van der Waals surface area contributed by atoms with E-state index in [4.69, 9.17) is 9.47 Å². The Kier molecular flexibility index (Phi) is 7.62. The normalized spacial score (nSPS) is 18.8. The van der Waals surface area contributed by atoms with Crippen molar-refractivity contribution in [3.63, 3.8) is 0 Å². The van der Waals surface area contributed by atoms with Crippen LogP contribution in [0, 0.1) is 6.92 Å². The van der Waals surface area contributed by atoms with Crippen LogP contribution < -0.4 is 20.1 Å². The second-order valence-electron chi connectivity index (χ2n) is 10.0. The molecule has 1 amide bonds. The number of carbonyl (C=O) groups excluding carboxylic acids is 2. The van der Waals surface area contributed by atoms with Crippen LogP contribution in [-0.4, -0.2) is 25.9 Å². The Morgan fingerprint density at radius 2 is 1.67 bits per heavy atom. The Hall–Kier alpha value is -3.84. The van der Waals surface area contributed by atoms with Gasteiger partial charge in [0.15, 0.2) is 17.3 Å². The van der Waals surface area contributed by atoms with Gasteiger partial charge in [-0.15, -0.1) is 0 Å². The molecule has 0 bridgehead atoms. The zero-order valence-corrected chi connectivity index (χ0v) is 24.0. The molecule has 1 heterocycles. The third kappa shape index (κ3) is 5.36. The zero-order chi connectivity index (χ0) is 27.7. The van der Waals surface area contributed by atoms with Crippen molar-refractivity contribution in [2.75, 3.05) is 19.5 Å². The number of aryl methyl sites for hydroxylation is 1. The van der Waals surface area contributed by atoms with Crippen molar-refractivity contribution < 1.29 is 19.1 Å². The number of rotatable bonds is 6. The molecule has 0 fully saturated rings. The summed E-state index contributed by atoms with van der Waals surface area (Å²) in [4.78, 5) is 27.7. The van der Waals surface area contributed by atoms with E-state index in [0.29, 0.717) is 41.2 Å². The highest BCUT2D eigenvalue weighted by molar-refractivity contribution is 9.10. The Balaban J connectivity index is 1.54. The van der Waals surface area contributed by atoms with Gasteiger partial charge in [-0.2, -0.15) is 0 Å². The minimum absolute atomic E-state index is 0.0255. The molecule has 3 aromatic carbocycles. The number of methoxy groups -OCH3 is 2. The molecule has 0 aromatic heterocycles. The van der Waals surface area contributed by atoms with Gasteiger partial charge in [0.05, 0.1) is 14.2 Å². The lowest BCUT2D eigenvalue weighted by atomic mass is 9.71. The third-order valence-electron chi connectivity index (χ3n) is 7.44. The number of dihydropyridines is 1. The summed E-state index contributed by atoms with van der Waals surface area (Å²) in [6.45, 7) is 3.91. The van der Waals surface area contributed by atoms with E-state index in [1.807, 2.05) is 80.6 Å². The first-order valence-corrected chi connectivity index (χ1v) is 13.7. The minimum atomic E-state index is -0.483. The monoisotopic (exact) mass is 586 g/mol. The molecule has 2 atom stereocenters. The molecule has 2 N–H and O–H groups in total. The van der Waals surface area contributed by atoms with Crippen LogP contribution in [0.1, 0.15) is 48.3 Å². The first kappa shape index (κ1) is 26.8. The summed E-state index contributed by atoms with van der Waals surface area (Å²) in [6.07, 6.45) is 0.984. The van der Waals surface area contributed by atoms with Crippen LogP contribution in [0.5, 0.6) is 11.5 Å². The molecule has 5 rings (SSSR count). The van der Waals surface area contributed by atoms with Gasteiger partial charge in [-0.1, -0.05) is 51.8 Å². The number of halogens is 1. The van der Waals surface area contributed by atoms with Gasteiger partial charge in [-0.25, -0.2) is 0 Å². The molecule has 3 aromatic rings. The molecule has 6 nitrogen and oxygen atoms in total. The molecule has 39 heavy (non-hydrogen) atoms. The van der Waals surface area contributed by atoms with Crippen molar-refractivity contribution in [3.05, 3.63) is 110 Å². The fourth-order valence-corrected chi connectivity index (χ4v) is 5.95. The van der Waals surface area contributed by atoms with E-state index in [1.54, 1.807) is 14.2 Å². The van der Waals surface area contributed by atoms with Crippen molar-refractivity contribution in [3.8, 4) is 11.5 Å². The first-order chi connectivity index (χ1) is 18.8. The highest BCUT2D eigenvalue weighted by atomic mass is 79.9. The molecule has 0 saturated heterocycles. The van der Waals surface area contributed by atoms with Gasteiger partial charge < -0.3 is 20.1 Å². The van der Waals surface area contributed by atoms with Crippen LogP contribution in [0.4, 0.5) is 5.69 Å². The predicted octanol–water partition coefficient (Wildman–Crippen LogP) is 6.78. The van der Waals surface area contributed by atoms with Crippen molar-refractivity contribution in [2.45, 2.75) is 38.5 Å². The van der Waals surface area contributed by atoms with Crippen LogP contribution >= 0.6 is 15.9 Å². The van der Waals surface area contributed by atoms with Crippen LogP contribution in [0.15, 0.2) is 93.7 Å². The molecular weight excluding hydrogens is 556 g/mol. The number of amides is 1. The third-order valence-corrected chi connectivity index (χ3v) is 7.94. The molecule has 0 saturated carbocycles. The number of hydrogen-bond acceptors (Lipinski definition) is 5. The predicted molar refractivity (Wildman–Crippen MR) is 156 cm³/mol. The number of hydrogen-bond donors (Lipinski definition) is 2. The van der Waals surface area contributed by atoms with Gasteiger partial charge in [0.1, 0.15) is 0 Å². The number of allylic oxidation sites excluding steroid dienone is 3. The average molecular weight is 588 g/mol. The zero-order valence-electron chi connectivity index (χ0n) is 22.4. The highest BCUT2D eigenvalue weighted by Crippen LogP contribution is 2.46. The van der Waals surface area contributed by atoms with Gasteiger partial charge in [0.2, 0.25) is 0 Å². The summed E-state index contributed by atoms with van der Waals surface area (Å²) in [6, 6.07) is 21.3. The molecular formula is C32H31BrN2O4. The topological polar surface area (TPSA) is 76.7 Å². The fourth-order valence-electron chi connectivity index (χ4n) is 5.54. The molecule has 7 heteroatoms. The van der Waals surface area contributed by atoms with Crippen molar-refractivity contribution >= 4 is 33.3 Å². The number of Topliss-reactive ketones (excluding diaryl/α,β-unsaturated/α-hetero) is 1. The lowest BCUT2D eigenvalue weighted by Crippen LogP contribution is -2.37. The number of nitrogens with one attached hydrogen (secondary N) is 2. The summed E-state index contributed by atoms with van der Waals surface area (Å²) in [7, 11) is 3.21. The van der Waals surface area contributed by atoms with Crippen molar-refractivity contribution in [2.24, 2.45) is 0 Å². The van der Waals surface area contributed by atoms with Crippen LogP contribution in [-0.2, 0) is 9.59 Å². The average Bonchev–Trinajstić information content (AvgIpc) is 2.92. The maximum atomic E-state index is 13.9. The number of anilines is 1. The second-order valence-corrected chi connectivity index (χ2v) is 10.9. The van der Waals surface area contributed by atoms with Crippen molar-refractivity contribution in [1.29, 1.82) is 0 Å². The highest BCUT2D eigenvalue weighted by Gasteiger charge is 2.41. The lowest BCUT2D eigenvalue weighted by Gasteiger charge is -2.37. The fraction of sp³-hybridized carbons (Fsp3) is 0.250. The maximum absolute atomic E-state index is 13.9. The van der Waals surface area contributed by atoms with Crippen LogP contribution in [0.2, 0.25) is 0 Å². The number of ketones is 1. The minimum Gasteiger partial charge on any atom is -0.493 e. The van der Waals surface area contributed by atoms with E-state index in [2.05, 4.69) is 26.6 Å². The molecule has 200 valence electrons. The van der Waals surface area contributed by atoms with E-state index < -0.39 is 5.92 Å². The molecule has 2 aliphatic rings. The lowest BCUT2D eigenvalue weighted by molar-refractivity contribution is -0.116. The van der Waals surface area contributed by atoms with Gasteiger partial charge in [0, 0.05) is 45.0 Å². The van der Waals surface area contributed by atoms with Gasteiger partial charge in [-0.3, -0.25) is 9.59 Å². The van der Waals surface area contributed by atoms with E-state index >= 15 is 0 Å². The number of carbonyl (C=O) groups is 2. The quantitative estimate of drug-likeness (QED) is 0.333. The standard InChI is InChI=1S/C32H31BrN2O4/c1-18-8-11-24(12-9-18)35-32(37)29-19(2)34-25-15-22(20-10-13-27(38-3)28(17-20)39-4)16-26(36)31(25)30(29)21-6-5-7-23(33)14-21/h5-14,17,22,30,34H,15-16H2,1-4H3,(H,35,37)/t22-,30+/m0/s1. The van der Waals surface area contributed by atoms with Gasteiger partial charge >= 0.3 is 0 Å². The van der Waals surface area contributed by atoms with Gasteiger partial charge in [-0.05, 0) is 73.7 Å². The van der Waals surface area contributed by atoms with E-state index in [-0.39, 0.29) is 17.6 Å². The molecule has 0 spiro atoms. The van der Waals surface area contributed by atoms with Crippen LogP contribution in [0.3, 0.4) is 0 Å². The summed E-state index contributed by atoms with van der Waals surface area (Å²) in [5, 5.41) is 6.49. The summed E-state index contributed by atoms with van der Waals surface area (Å²) in [5.41, 5.74) is 6.53. The summed E-state index contributed by atoms with van der Waals surface area (Å²) < 4.78 is 11.8.